The van der Waals surface area contributed by atoms with E-state index in [4.69, 9.17) is 19.9 Å². The minimum absolute atomic E-state index is 0.0830. The monoisotopic (exact) mass is 453 g/mol. The van der Waals surface area contributed by atoms with Gasteiger partial charge >= 0.3 is 6.03 Å². The van der Waals surface area contributed by atoms with Crippen LogP contribution < -0.4 is 11.1 Å². The van der Waals surface area contributed by atoms with Gasteiger partial charge in [-0.05, 0) is 36.3 Å². The van der Waals surface area contributed by atoms with E-state index in [0.29, 0.717) is 19.0 Å². The molecule has 0 aliphatic carbocycles. The van der Waals surface area contributed by atoms with Crippen LogP contribution in [0.2, 0.25) is 18.1 Å². The molecule has 3 N–H and O–H groups in total. The van der Waals surface area contributed by atoms with Crippen molar-refractivity contribution in [2.24, 2.45) is 12.8 Å². The van der Waals surface area contributed by atoms with Crippen LogP contribution in [0.25, 0.3) is 22.2 Å². The van der Waals surface area contributed by atoms with Gasteiger partial charge < -0.3 is 19.5 Å². The summed E-state index contributed by atoms with van der Waals surface area (Å²) in [6.45, 7) is 12.2. The minimum atomic E-state index is -2.04. The number of hydrogen-bond donors (Lipinski definition) is 2. The predicted molar refractivity (Wildman–Crippen MR) is 128 cm³/mol. The van der Waals surface area contributed by atoms with Crippen LogP contribution in [0.15, 0.2) is 36.7 Å². The van der Waals surface area contributed by atoms with Crippen LogP contribution in [0, 0.1) is 0 Å². The summed E-state index contributed by atoms with van der Waals surface area (Å²) in [5.41, 5.74) is 8.33. The summed E-state index contributed by atoms with van der Waals surface area (Å²) < 4.78 is 14.4. The highest BCUT2D eigenvalue weighted by Crippen LogP contribution is 2.44. The van der Waals surface area contributed by atoms with Crippen molar-refractivity contribution >= 4 is 31.1 Å². The molecule has 0 radical (unpaired) electrons. The lowest BCUT2D eigenvalue weighted by molar-refractivity contribution is -0.176. The molecule has 0 atom stereocenters. The molecule has 3 aromatic heterocycles. The number of rotatable bonds is 5. The van der Waals surface area contributed by atoms with Gasteiger partial charge in [0.05, 0.1) is 36.3 Å². The van der Waals surface area contributed by atoms with Crippen LogP contribution >= 0.6 is 0 Å². The fraction of sp³-hybridized carbons (Fsp3) is 0.435. The van der Waals surface area contributed by atoms with Crippen molar-refractivity contribution in [3.8, 4) is 11.3 Å². The third-order valence-corrected chi connectivity index (χ3v) is 11.1. The maximum absolute atomic E-state index is 11.3. The SMILES string of the molecule is Cn1cc(-c2cccc(C3(O[Si](C)(C)C(C)(C)C)COC3)n2)c2cc(NC(N)=O)ncc21. The number of nitrogens with zero attached hydrogens (tertiary/aromatic N) is 3. The zero-order chi connectivity index (χ0) is 23.3. The van der Waals surface area contributed by atoms with Crippen molar-refractivity contribution in [1.29, 1.82) is 0 Å². The summed E-state index contributed by atoms with van der Waals surface area (Å²) in [4.78, 5) is 20.6. The van der Waals surface area contributed by atoms with E-state index in [1.54, 1.807) is 6.20 Å². The number of aryl methyl sites for hydroxylation is 1. The second-order valence-electron chi connectivity index (χ2n) is 9.99. The number of fused-ring (bicyclic) bond motifs is 1. The Morgan fingerprint density at radius 3 is 2.62 bits per heavy atom. The third kappa shape index (κ3) is 3.91. The Morgan fingerprint density at radius 1 is 1.31 bits per heavy atom. The normalized spacial score (nSPS) is 16.1. The molecule has 3 aromatic rings. The number of aromatic nitrogens is 3. The Hall–Kier alpha value is -2.75. The van der Waals surface area contributed by atoms with Gasteiger partial charge in [-0.2, -0.15) is 0 Å². The maximum Gasteiger partial charge on any atom is 0.317 e. The highest BCUT2D eigenvalue weighted by molar-refractivity contribution is 6.74. The second-order valence-corrected chi connectivity index (χ2v) is 14.7. The molecule has 1 aliphatic rings. The van der Waals surface area contributed by atoms with Crippen LogP contribution in [0.1, 0.15) is 26.5 Å². The van der Waals surface area contributed by atoms with Gasteiger partial charge in [-0.3, -0.25) is 5.32 Å². The smallest absolute Gasteiger partial charge is 0.317 e. The van der Waals surface area contributed by atoms with Crippen LogP contribution in [0.3, 0.4) is 0 Å². The second kappa shape index (κ2) is 7.68. The average molecular weight is 454 g/mol. The first-order chi connectivity index (χ1) is 14.9. The molecule has 170 valence electrons. The lowest BCUT2D eigenvalue weighted by atomic mass is 9.96. The standard InChI is InChI=1S/C23H31N5O3Si/c1-22(2,3)32(5,6)31-23(13-30-14-23)19-9-7-8-17(26-19)16-12-28(4)18-11-25-20(10-15(16)18)27-21(24)29/h7-12H,13-14H2,1-6H3,(H3,24,25,27,29). The van der Waals surface area contributed by atoms with Crippen LogP contribution in [0.5, 0.6) is 0 Å². The number of amides is 2. The average Bonchev–Trinajstić information content (AvgIpc) is 2.99. The zero-order valence-corrected chi connectivity index (χ0v) is 20.5. The molecular weight excluding hydrogens is 422 g/mol. The Labute approximate surface area is 189 Å². The molecule has 1 saturated heterocycles. The Bertz CT molecular complexity index is 1180. The molecule has 4 rings (SSSR count). The number of primary amides is 1. The van der Waals surface area contributed by atoms with E-state index >= 15 is 0 Å². The van der Waals surface area contributed by atoms with Crippen LogP contribution in [-0.4, -0.2) is 42.1 Å². The number of urea groups is 1. The highest BCUT2D eigenvalue weighted by atomic mass is 28.4. The molecule has 32 heavy (non-hydrogen) atoms. The summed E-state index contributed by atoms with van der Waals surface area (Å²) in [6, 6.07) is 7.18. The molecule has 2 amide bonds. The quantitative estimate of drug-likeness (QED) is 0.558. The lowest BCUT2D eigenvalue weighted by Crippen LogP contribution is -2.57. The van der Waals surface area contributed by atoms with Gasteiger partial charge in [0.2, 0.25) is 0 Å². The van der Waals surface area contributed by atoms with E-state index in [0.717, 1.165) is 27.9 Å². The molecule has 0 unspecified atom stereocenters. The number of ether oxygens (including phenoxy) is 1. The molecule has 0 spiro atoms. The summed E-state index contributed by atoms with van der Waals surface area (Å²) in [5.74, 6) is 0.402. The number of nitrogens with one attached hydrogen (secondary N) is 1. The molecule has 9 heteroatoms. The maximum atomic E-state index is 11.3. The Morgan fingerprint density at radius 2 is 2.03 bits per heavy atom. The van der Waals surface area contributed by atoms with Gasteiger partial charge in [-0.1, -0.05) is 26.8 Å². The van der Waals surface area contributed by atoms with Gasteiger partial charge in [0, 0.05) is 24.2 Å². The number of hydrogen-bond acceptors (Lipinski definition) is 5. The summed E-state index contributed by atoms with van der Waals surface area (Å²) >= 11 is 0. The molecule has 0 aromatic carbocycles. The van der Waals surface area contributed by atoms with E-state index in [-0.39, 0.29) is 5.04 Å². The Balaban J connectivity index is 1.76. The largest absolute Gasteiger partial charge is 0.402 e. The number of anilines is 1. The summed E-state index contributed by atoms with van der Waals surface area (Å²) in [5, 5.41) is 3.56. The number of pyridine rings is 2. The lowest BCUT2D eigenvalue weighted by Gasteiger charge is -2.49. The first kappa shape index (κ1) is 22.4. The van der Waals surface area contributed by atoms with Crippen molar-refractivity contribution in [3.05, 3.63) is 42.4 Å². The molecule has 1 fully saturated rings. The molecular formula is C23H31N5O3Si. The van der Waals surface area contributed by atoms with Crippen molar-refractivity contribution in [3.63, 3.8) is 0 Å². The van der Waals surface area contributed by atoms with E-state index < -0.39 is 19.9 Å². The van der Waals surface area contributed by atoms with Gasteiger partial charge in [0.25, 0.3) is 0 Å². The summed E-state index contributed by atoms with van der Waals surface area (Å²) in [7, 11) is -0.0780. The van der Waals surface area contributed by atoms with Crippen LogP contribution in [0.4, 0.5) is 10.6 Å². The van der Waals surface area contributed by atoms with E-state index in [1.807, 2.05) is 42.1 Å². The van der Waals surface area contributed by atoms with E-state index in [2.05, 4.69) is 44.2 Å². The van der Waals surface area contributed by atoms with Gasteiger partial charge in [-0.25, -0.2) is 14.8 Å². The zero-order valence-electron chi connectivity index (χ0n) is 19.5. The van der Waals surface area contributed by atoms with Gasteiger partial charge in [0.1, 0.15) is 11.4 Å². The third-order valence-electron chi connectivity index (χ3n) is 6.55. The minimum Gasteiger partial charge on any atom is -0.402 e. The fourth-order valence-electron chi connectivity index (χ4n) is 3.70. The molecule has 8 nitrogen and oxygen atoms in total. The van der Waals surface area contributed by atoms with Crippen molar-refractivity contribution in [2.75, 3.05) is 18.5 Å². The Kier molecular flexibility index (Phi) is 5.39. The highest BCUT2D eigenvalue weighted by Gasteiger charge is 2.50. The van der Waals surface area contributed by atoms with Crippen LogP contribution in [-0.2, 0) is 21.8 Å². The van der Waals surface area contributed by atoms with Gasteiger partial charge in [-0.15, -0.1) is 0 Å². The van der Waals surface area contributed by atoms with E-state index in [1.165, 1.54) is 0 Å². The first-order valence-electron chi connectivity index (χ1n) is 10.7. The first-order valence-corrected chi connectivity index (χ1v) is 13.6. The number of carbonyl (C=O) groups excluding carboxylic acids is 1. The van der Waals surface area contributed by atoms with Gasteiger partial charge in [0.15, 0.2) is 8.32 Å². The molecule has 1 aliphatic heterocycles. The van der Waals surface area contributed by atoms with Crippen molar-refractivity contribution in [1.82, 2.24) is 14.5 Å². The molecule has 4 heterocycles. The fourth-order valence-corrected chi connectivity index (χ4v) is 5.21. The van der Waals surface area contributed by atoms with Crippen molar-refractivity contribution < 1.29 is 14.0 Å². The number of carbonyl (C=O) groups is 1. The van der Waals surface area contributed by atoms with Crippen molar-refractivity contribution in [2.45, 2.75) is 44.5 Å². The summed E-state index contributed by atoms with van der Waals surface area (Å²) in [6.07, 6.45) is 3.74. The molecule has 0 bridgehead atoms. The van der Waals surface area contributed by atoms with E-state index in [9.17, 15) is 4.79 Å². The topological polar surface area (TPSA) is 104 Å². The number of nitrogens with two attached hydrogens (primary N) is 1. The predicted octanol–water partition coefficient (Wildman–Crippen LogP) is 4.37. The molecule has 0 saturated carbocycles.